The van der Waals surface area contributed by atoms with Crippen LogP contribution < -0.4 is 14.9 Å². The summed E-state index contributed by atoms with van der Waals surface area (Å²) in [6, 6.07) is 18.6. The fourth-order valence-corrected chi connectivity index (χ4v) is 3.85. The lowest BCUT2D eigenvalue weighted by atomic mass is 10.2. The van der Waals surface area contributed by atoms with E-state index in [-0.39, 0.29) is 11.7 Å². The number of amides is 1. The summed E-state index contributed by atoms with van der Waals surface area (Å²) >= 11 is 1.26. The molecule has 0 fully saturated rings. The number of carbonyl (C=O) groups is 1. The molecule has 2 heterocycles. The molecule has 1 amide bonds. The molecule has 174 valence electrons. The van der Waals surface area contributed by atoms with Gasteiger partial charge in [-0.05, 0) is 67.6 Å². The first-order valence-corrected chi connectivity index (χ1v) is 11.3. The molecular weight excluding hydrogens is 454 g/mol. The number of aromatic nitrogens is 3. The molecule has 0 aliphatic carbocycles. The Kier molecular flexibility index (Phi) is 7.28. The van der Waals surface area contributed by atoms with Crippen LogP contribution in [0.2, 0.25) is 0 Å². The molecule has 9 nitrogen and oxygen atoms in total. The summed E-state index contributed by atoms with van der Waals surface area (Å²) in [7, 11) is 3.24. The van der Waals surface area contributed by atoms with Crippen molar-refractivity contribution in [3.63, 3.8) is 0 Å². The fourth-order valence-electron chi connectivity index (χ4n) is 3.10. The zero-order valence-electron chi connectivity index (χ0n) is 18.9. The number of nitrogens with one attached hydrogen (secondary N) is 1. The van der Waals surface area contributed by atoms with Crippen molar-refractivity contribution in [1.82, 2.24) is 20.2 Å². The highest BCUT2D eigenvalue weighted by Gasteiger charge is 2.18. The van der Waals surface area contributed by atoms with Crippen LogP contribution in [0.1, 0.15) is 12.7 Å². The zero-order chi connectivity index (χ0) is 23.9. The van der Waals surface area contributed by atoms with Crippen LogP contribution in [0, 0.1) is 0 Å². The van der Waals surface area contributed by atoms with Gasteiger partial charge in [-0.3, -0.25) is 9.36 Å². The highest BCUT2D eigenvalue weighted by molar-refractivity contribution is 7.99. The van der Waals surface area contributed by atoms with Crippen molar-refractivity contribution in [2.45, 2.75) is 12.1 Å². The number of furan rings is 1. The molecule has 2 aromatic heterocycles. The second-order valence-electron chi connectivity index (χ2n) is 7.07. The lowest BCUT2D eigenvalue weighted by molar-refractivity contribution is -0.118. The van der Waals surface area contributed by atoms with Crippen LogP contribution in [0.25, 0.3) is 17.1 Å². The maximum Gasteiger partial charge on any atom is 0.250 e. The summed E-state index contributed by atoms with van der Waals surface area (Å²) in [6.45, 7) is 1.76. The van der Waals surface area contributed by atoms with E-state index in [0.717, 1.165) is 22.7 Å². The minimum absolute atomic E-state index is 0.103. The third kappa shape index (κ3) is 5.29. The van der Waals surface area contributed by atoms with E-state index in [4.69, 9.17) is 13.9 Å². The number of ether oxygens (including phenoxy) is 2. The van der Waals surface area contributed by atoms with E-state index in [0.29, 0.717) is 22.5 Å². The molecule has 2 aromatic carbocycles. The van der Waals surface area contributed by atoms with E-state index in [1.807, 2.05) is 53.1 Å². The largest absolute Gasteiger partial charge is 0.497 e. The van der Waals surface area contributed by atoms with Gasteiger partial charge in [-0.25, -0.2) is 5.43 Å². The molecule has 4 rings (SSSR count). The Balaban J connectivity index is 1.56. The van der Waals surface area contributed by atoms with Crippen molar-refractivity contribution < 1.29 is 18.7 Å². The summed E-state index contributed by atoms with van der Waals surface area (Å²) in [5, 5.41) is 13.4. The molecule has 0 atom stereocenters. The smallest absolute Gasteiger partial charge is 0.250 e. The van der Waals surface area contributed by atoms with E-state index in [1.54, 1.807) is 39.5 Å². The van der Waals surface area contributed by atoms with Crippen LogP contribution in [-0.4, -0.2) is 46.4 Å². The minimum atomic E-state index is -0.272. The van der Waals surface area contributed by atoms with Crippen molar-refractivity contribution in [2.75, 3.05) is 20.0 Å². The highest BCUT2D eigenvalue weighted by Crippen LogP contribution is 2.29. The lowest BCUT2D eigenvalue weighted by Gasteiger charge is -2.11. The van der Waals surface area contributed by atoms with Crippen molar-refractivity contribution in [3.05, 3.63) is 72.7 Å². The van der Waals surface area contributed by atoms with Gasteiger partial charge in [0.05, 0.1) is 26.2 Å². The quantitative estimate of drug-likeness (QED) is 0.219. The van der Waals surface area contributed by atoms with Gasteiger partial charge in [-0.15, -0.1) is 10.2 Å². The number of rotatable bonds is 9. The molecule has 0 saturated carbocycles. The predicted molar refractivity (Wildman–Crippen MR) is 130 cm³/mol. The van der Waals surface area contributed by atoms with E-state index in [9.17, 15) is 4.79 Å². The number of hydrogen-bond donors (Lipinski definition) is 1. The average molecular weight is 478 g/mol. The fraction of sp³-hybridized carbons (Fsp3) is 0.167. The average Bonchev–Trinajstić information content (AvgIpc) is 3.57. The van der Waals surface area contributed by atoms with Gasteiger partial charge >= 0.3 is 0 Å². The molecule has 34 heavy (non-hydrogen) atoms. The second kappa shape index (κ2) is 10.7. The van der Waals surface area contributed by atoms with Gasteiger partial charge in [0.15, 0.2) is 11.0 Å². The van der Waals surface area contributed by atoms with Gasteiger partial charge in [-0.1, -0.05) is 11.8 Å². The van der Waals surface area contributed by atoms with Gasteiger partial charge in [-0.2, -0.15) is 5.10 Å². The standard InChI is InChI=1S/C24H23N5O4S/c1-16(21-5-4-14-33-21)25-26-22(30)15-34-24-28-27-23(17-6-10-19(31-2)11-7-17)29(24)18-8-12-20(32-3)13-9-18/h4-14H,15H2,1-3H3,(H,26,30)/b25-16+. The number of nitrogens with zero attached hydrogens (tertiary/aromatic N) is 4. The number of hydrazone groups is 1. The molecule has 0 spiro atoms. The SMILES string of the molecule is COc1ccc(-c2nnc(SCC(=O)N/N=C(\C)c3ccco3)n2-c2ccc(OC)cc2)cc1. The Bertz CT molecular complexity index is 1270. The van der Waals surface area contributed by atoms with Crippen LogP contribution in [-0.2, 0) is 4.79 Å². The van der Waals surface area contributed by atoms with Crippen molar-refractivity contribution in [2.24, 2.45) is 5.10 Å². The third-order valence-electron chi connectivity index (χ3n) is 4.87. The topological polar surface area (TPSA) is 104 Å². The summed E-state index contributed by atoms with van der Waals surface area (Å²) < 4.78 is 17.7. The molecule has 0 aliphatic heterocycles. The first kappa shape index (κ1) is 23.1. The minimum Gasteiger partial charge on any atom is -0.497 e. The number of carbonyl (C=O) groups excluding carboxylic acids is 1. The Hall–Kier alpha value is -4.05. The molecule has 0 bridgehead atoms. The Morgan fingerprint density at radius 1 is 1.03 bits per heavy atom. The van der Waals surface area contributed by atoms with E-state index in [2.05, 4.69) is 20.7 Å². The second-order valence-corrected chi connectivity index (χ2v) is 8.01. The van der Waals surface area contributed by atoms with Crippen LogP contribution in [0.5, 0.6) is 11.5 Å². The van der Waals surface area contributed by atoms with Gasteiger partial charge in [0.25, 0.3) is 5.91 Å². The zero-order valence-corrected chi connectivity index (χ0v) is 19.7. The Labute approximate surface area is 200 Å². The number of methoxy groups -OCH3 is 2. The highest BCUT2D eigenvalue weighted by atomic mass is 32.2. The number of benzene rings is 2. The van der Waals surface area contributed by atoms with Gasteiger partial charge < -0.3 is 13.9 Å². The Morgan fingerprint density at radius 3 is 2.32 bits per heavy atom. The maximum atomic E-state index is 12.4. The third-order valence-corrected chi connectivity index (χ3v) is 5.80. The van der Waals surface area contributed by atoms with Crippen LogP contribution >= 0.6 is 11.8 Å². The summed E-state index contributed by atoms with van der Waals surface area (Å²) in [6.07, 6.45) is 1.55. The first-order valence-electron chi connectivity index (χ1n) is 10.3. The molecular formula is C24H23N5O4S. The molecule has 1 N–H and O–H groups in total. The van der Waals surface area contributed by atoms with Crippen LogP contribution in [0.4, 0.5) is 0 Å². The van der Waals surface area contributed by atoms with Crippen molar-refractivity contribution in [1.29, 1.82) is 0 Å². The van der Waals surface area contributed by atoms with E-state index >= 15 is 0 Å². The normalized spacial score (nSPS) is 11.3. The van der Waals surface area contributed by atoms with Gasteiger partial charge in [0.2, 0.25) is 0 Å². The number of thioether (sulfide) groups is 1. The van der Waals surface area contributed by atoms with Crippen LogP contribution in [0.3, 0.4) is 0 Å². The van der Waals surface area contributed by atoms with Crippen LogP contribution in [0.15, 0.2) is 81.6 Å². The Morgan fingerprint density at radius 2 is 1.71 bits per heavy atom. The predicted octanol–water partition coefficient (Wildman–Crippen LogP) is 4.18. The molecule has 0 radical (unpaired) electrons. The molecule has 0 saturated heterocycles. The van der Waals surface area contributed by atoms with E-state index in [1.165, 1.54) is 11.8 Å². The first-order chi connectivity index (χ1) is 16.6. The van der Waals surface area contributed by atoms with Crippen molar-refractivity contribution >= 4 is 23.4 Å². The monoisotopic (exact) mass is 477 g/mol. The van der Waals surface area contributed by atoms with Gasteiger partial charge in [0, 0.05) is 11.3 Å². The van der Waals surface area contributed by atoms with E-state index < -0.39 is 0 Å². The molecule has 0 unspecified atom stereocenters. The summed E-state index contributed by atoms with van der Waals surface area (Å²) in [5.41, 5.74) is 4.82. The summed E-state index contributed by atoms with van der Waals surface area (Å²) in [5.74, 6) is 2.55. The molecule has 4 aromatic rings. The molecule has 0 aliphatic rings. The van der Waals surface area contributed by atoms with Gasteiger partial charge in [0.1, 0.15) is 23.0 Å². The lowest BCUT2D eigenvalue weighted by Crippen LogP contribution is -2.21. The summed E-state index contributed by atoms with van der Waals surface area (Å²) in [4.78, 5) is 12.4. The molecule has 10 heteroatoms. The number of hydrogen-bond acceptors (Lipinski definition) is 8. The maximum absolute atomic E-state index is 12.4. The van der Waals surface area contributed by atoms with Crippen molar-refractivity contribution in [3.8, 4) is 28.6 Å².